The van der Waals surface area contributed by atoms with Crippen LogP contribution in [0, 0.1) is 5.41 Å². The molecule has 1 fully saturated rings. The second-order valence-electron chi connectivity index (χ2n) is 3.33. The van der Waals surface area contributed by atoms with Crippen LogP contribution in [-0.2, 0) is 9.53 Å². The quantitative estimate of drug-likeness (QED) is 0.619. The van der Waals surface area contributed by atoms with E-state index in [-0.39, 0.29) is 12.2 Å². The molecule has 0 spiro atoms. The van der Waals surface area contributed by atoms with E-state index in [2.05, 4.69) is 4.74 Å². The molecule has 0 radical (unpaired) electrons. The fourth-order valence-corrected chi connectivity index (χ4v) is 2.57. The monoisotopic (exact) mass is 210 g/mol. The summed E-state index contributed by atoms with van der Waals surface area (Å²) in [4.78, 5) is 11.2. The van der Waals surface area contributed by atoms with Crippen LogP contribution in [0.1, 0.15) is 13.3 Å². The number of alkyl halides is 2. The zero-order valence-corrected chi connectivity index (χ0v) is 8.42. The van der Waals surface area contributed by atoms with Gasteiger partial charge in [0.15, 0.2) is 0 Å². The molecule has 1 aliphatic rings. The van der Waals surface area contributed by atoms with Crippen molar-refractivity contribution in [1.82, 2.24) is 0 Å². The van der Waals surface area contributed by atoms with E-state index in [1.165, 1.54) is 18.7 Å². The third-order valence-electron chi connectivity index (χ3n) is 2.47. The van der Waals surface area contributed by atoms with Crippen LogP contribution in [0.4, 0.5) is 8.78 Å². The molecular formula is C8H12F2O2S. The highest BCUT2D eigenvalue weighted by molar-refractivity contribution is 7.99. The van der Waals surface area contributed by atoms with Gasteiger partial charge in [-0.25, -0.2) is 8.78 Å². The number of hydrogen-bond donors (Lipinski definition) is 0. The summed E-state index contributed by atoms with van der Waals surface area (Å²) in [5, 5.41) is 0. The van der Waals surface area contributed by atoms with Crippen LogP contribution in [-0.4, -0.2) is 30.5 Å². The second-order valence-corrected chi connectivity index (χ2v) is 4.44. The van der Waals surface area contributed by atoms with Crippen molar-refractivity contribution in [3.8, 4) is 0 Å². The van der Waals surface area contributed by atoms with Crippen molar-refractivity contribution in [3.05, 3.63) is 0 Å². The molecular weight excluding hydrogens is 198 g/mol. The minimum absolute atomic E-state index is 0.178. The Morgan fingerprint density at radius 2 is 2.15 bits per heavy atom. The van der Waals surface area contributed by atoms with Gasteiger partial charge in [0.2, 0.25) is 0 Å². The van der Waals surface area contributed by atoms with Crippen LogP contribution in [0.15, 0.2) is 0 Å². The van der Waals surface area contributed by atoms with Crippen molar-refractivity contribution in [2.45, 2.75) is 19.3 Å². The average molecular weight is 210 g/mol. The first-order valence-electron chi connectivity index (χ1n) is 3.98. The molecule has 0 aliphatic carbocycles. The highest BCUT2D eigenvalue weighted by Gasteiger charge is 2.57. The Bertz CT molecular complexity index is 220. The highest BCUT2D eigenvalue weighted by Crippen LogP contribution is 2.47. The number of carbonyl (C=O) groups is 1. The molecule has 0 N–H and O–H groups in total. The predicted molar refractivity (Wildman–Crippen MR) is 47.0 cm³/mol. The Hall–Kier alpha value is -0.320. The molecule has 1 heterocycles. The lowest BCUT2D eigenvalue weighted by molar-refractivity contribution is -0.176. The van der Waals surface area contributed by atoms with Gasteiger partial charge in [-0.15, -0.1) is 0 Å². The smallest absolute Gasteiger partial charge is 0.317 e. The van der Waals surface area contributed by atoms with Gasteiger partial charge in [0.1, 0.15) is 5.41 Å². The molecule has 0 bridgehead atoms. The topological polar surface area (TPSA) is 26.3 Å². The molecule has 13 heavy (non-hydrogen) atoms. The Balaban J connectivity index is 2.90. The number of esters is 1. The number of hydrogen-bond acceptors (Lipinski definition) is 3. The third-order valence-corrected chi connectivity index (χ3v) is 3.53. The maximum atomic E-state index is 13.4. The number of methoxy groups -OCH3 is 1. The summed E-state index contributed by atoms with van der Waals surface area (Å²) in [5.74, 6) is -3.47. The molecule has 0 saturated carbocycles. The van der Waals surface area contributed by atoms with Crippen LogP contribution in [0.3, 0.4) is 0 Å². The molecule has 1 aliphatic heterocycles. The molecule has 1 unspecified atom stereocenters. The van der Waals surface area contributed by atoms with Crippen molar-refractivity contribution in [2.24, 2.45) is 5.41 Å². The SMILES string of the molecule is COC(=O)C1(C)CCSCC1(F)F. The van der Waals surface area contributed by atoms with E-state index in [0.29, 0.717) is 5.75 Å². The summed E-state index contributed by atoms with van der Waals surface area (Å²) in [6.45, 7) is 1.28. The normalized spacial score (nSPS) is 32.6. The number of rotatable bonds is 1. The number of carbonyl (C=O) groups excluding carboxylic acids is 1. The first-order chi connectivity index (χ1) is 5.94. The third kappa shape index (κ3) is 1.66. The van der Waals surface area contributed by atoms with Gasteiger partial charge in [-0.3, -0.25) is 4.79 Å². The first-order valence-corrected chi connectivity index (χ1v) is 5.13. The number of thioether (sulfide) groups is 1. The standard InChI is InChI=1S/C8H12F2O2S/c1-7(6(11)12-2)3-4-13-5-8(7,9)10/h3-5H2,1-2H3. The van der Waals surface area contributed by atoms with Crippen LogP contribution in [0.25, 0.3) is 0 Å². The molecule has 1 rings (SSSR count). The van der Waals surface area contributed by atoms with E-state index >= 15 is 0 Å². The fourth-order valence-electron chi connectivity index (χ4n) is 1.30. The van der Waals surface area contributed by atoms with Crippen LogP contribution >= 0.6 is 11.8 Å². The summed E-state index contributed by atoms with van der Waals surface area (Å²) in [6.07, 6.45) is 0.178. The van der Waals surface area contributed by atoms with Gasteiger partial charge < -0.3 is 4.74 Å². The predicted octanol–water partition coefficient (Wildman–Crippen LogP) is 1.94. The molecule has 0 aromatic rings. The highest BCUT2D eigenvalue weighted by atomic mass is 32.2. The Morgan fingerprint density at radius 3 is 2.62 bits per heavy atom. The summed E-state index contributed by atoms with van der Waals surface area (Å²) in [5.41, 5.74) is -1.63. The maximum absolute atomic E-state index is 13.4. The average Bonchev–Trinajstić information content (AvgIpc) is 2.08. The van der Waals surface area contributed by atoms with Gasteiger partial charge in [0, 0.05) is 0 Å². The lowest BCUT2D eigenvalue weighted by atomic mass is 9.81. The molecule has 76 valence electrons. The molecule has 0 aromatic heterocycles. The maximum Gasteiger partial charge on any atom is 0.317 e. The molecule has 0 aromatic carbocycles. The van der Waals surface area contributed by atoms with Crippen LogP contribution in [0.2, 0.25) is 0 Å². The summed E-state index contributed by atoms with van der Waals surface area (Å²) >= 11 is 1.17. The second kappa shape index (κ2) is 3.44. The lowest BCUT2D eigenvalue weighted by Crippen LogP contribution is -2.50. The van der Waals surface area contributed by atoms with Gasteiger partial charge in [0.05, 0.1) is 12.9 Å². The van der Waals surface area contributed by atoms with Crippen molar-refractivity contribution in [2.75, 3.05) is 18.6 Å². The summed E-state index contributed by atoms with van der Waals surface area (Å²) < 4.78 is 31.1. The van der Waals surface area contributed by atoms with Crippen molar-refractivity contribution in [1.29, 1.82) is 0 Å². The molecule has 1 atom stereocenters. The largest absolute Gasteiger partial charge is 0.468 e. The Labute approximate surface area is 80.0 Å². The van der Waals surface area contributed by atoms with Gasteiger partial charge in [0.25, 0.3) is 5.92 Å². The van der Waals surface area contributed by atoms with E-state index in [4.69, 9.17) is 0 Å². The Morgan fingerprint density at radius 1 is 1.54 bits per heavy atom. The van der Waals surface area contributed by atoms with E-state index in [1.54, 1.807) is 0 Å². The molecule has 5 heteroatoms. The minimum Gasteiger partial charge on any atom is -0.468 e. The van der Waals surface area contributed by atoms with E-state index in [0.717, 1.165) is 7.11 Å². The molecule has 0 amide bonds. The van der Waals surface area contributed by atoms with Gasteiger partial charge in [-0.1, -0.05) is 0 Å². The van der Waals surface area contributed by atoms with Crippen molar-refractivity contribution >= 4 is 17.7 Å². The van der Waals surface area contributed by atoms with E-state index in [9.17, 15) is 13.6 Å². The first kappa shape index (κ1) is 10.8. The number of ether oxygens (including phenoxy) is 1. The Kier molecular flexibility index (Phi) is 2.85. The fraction of sp³-hybridized carbons (Fsp3) is 0.875. The molecule has 2 nitrogen and oxygen atoms in total. The van der Waals surface area contributed by atoms with E-state index < -0.39 is 17.3 Å². The van der Waals surface area contributed by atoms with Crippen molar-refractivity contribution < 1.29 is 18.3 Å². The number of halogens is 2. The van der Waals surface area contributed by atoms with Crippen molar-refractivity contribution in [3.63, 3.8) is 0 Å². The van der Waals surface area contributed by atoms with E-state index in [1.807, 2.05) is 0 Å². The van der Waals surface area contributed by atoms with Gasteiger partial charge in [-0.05, 0) is 19.1 Å². The van der Waals surface area contributed by atoms with Crippen LogP contribution in [0.5, 0.6) is 0 Å². The van der Waals surface area contributed by atoms with Crippen LogP contribution < -0.4 is 0 Å². The zero-order valence-electron chi connectivity index (χ0n) is 7.60. The van der Waals surface area contributed by atoms with Gasteiger partial charge in [-0.2, -0.15) is 11.8 Å². The summed E-state index contributed by atoms with van der Waals surface area (Å²) in [7, 11) is 1.14. The zero-order chi connectivity index (χ0) is 10.1. The summed E-state index contributed by atoms with van der Waals surface area (Å²) in [6, 6.07) is 0. The minimum atomic E-state index is -2.96. The lowest BCUT2D eigenvalue weighted by Gasteiger charge is -2.37. The van der Waals surface area contributed by atoms with Gasteiger partial charge >= 0.3 is 5.97 Å². The molecule has 1 saturated heterocycles.